The average Bonchev–Trinajstić information content (AvgIpc) is 4.10. The zero-order valence-electron chi connectivity index (χ0n) is 32.4. The molecule has 0 saturated heterocycles. The predicted molar refractivity (Wildman–Crippen MR) is 229 cm³/mol. The minimum Gasteiger partial charge on any atom is -0.672 e. The van der Waals surface area contributed by atoms with E-state index in [0.717, 1.165) is 39.9 Å². The molecule has 0 unspecified atom stereocenters. The van der Waals surface area contributed by atoms with Crippen LogP contribution in [0.1, 0.15) is 38.5 Å². The fourth-order valence-corrected chi connectivity index (χ4v) is 10.6. The third-order valence-corrected chi connectivity index (χ3v) is 12.5. The molecule has 4 bridgehead atoms. The number of pyridine rings is 1. The zero-order valence-corrected chi connectivity index (χ0v) is 33.5. The molecule has 0 amide bonds. The van der Waals surface area contributed by atoms with Crippen LogP contribution in [-0.4, -0.2) is 62.1 Å². The zero-order chi connectivity index (χ0) is 38.5. The molecular weight excluding hydrogens is 758 g/mol. The Labute approximate surface area is 350 Å². The van der Waals surface area contributed by atoms with Crippen LogP contribution in [0.3, 0.4) is 0 Å². The summed E-state index contributed by atoms with van der Waals surface area (Å²) in [4.78, 5) is 5.51. The minimum absolute atomic E-state index is 0. The Hall–Kier alpha value is -5.74. The number of nitrogens with zero attached hydrogens (tertiary/aromatic N) is 9. The molecule has 291 valence electrons. The number of rotatable bonds is 8. The van der Waals surface area contributed by atoms with Gasteiger partial charge in [-0.2, -0.15) is 10.9 Å². The van der Waals surface area contributed by atoms with E-state index in [9.17, 15) is 0 Å². The van der Waals surface area contributed by atoms with Gasteiger partial charge in [-0.15, -0.1) is 5.54 Å². The van der Waals surface area contributed by atoms with Crippen molar-refractivity contribution in [1.29, 1.82) is 0 Å². The summed E-state index contributed by atoms with van der Waals surface area (Å²) < 4.78 is 7.86. The van der Waals surface area contributed by atoms with Gasteiger partial charge in [-0.3, -0.25) is 0 Å². The Morgan fingerprint density at radius 3 is 1.02 bits per heavy atom. The summed E-state index contributed by atoms with van der Waals surface area (Å²) in [5.41, 5.74) is 11.9. The van der Waals surface area contributed by atoms with Crippen molar-refractivity contribution in [3.05, 3.63) is 195 Å². The molecule has 58 heavy (non-hydrogen) atoms. The molecule has 0 aliphatic heterocycles. The van der Waals surface area contributed by atoms with E-state index in [1.165, 1.54) is 38.5 Å². The molecule has 5 aromatic heterocycles. The second kappa shape index (κ2) is 17.0. The van der Waals surface area contributed by atoms with Crippen LogP contribution < -0.4 is 22.1 Å². The first kappa shape index (κ1) is 39.1. The van der Waals surface area contributed by atoms with Crippen molar-refractivity contribution in [2.24, 2.45) is 17.8 Å². The Morgan fingerprint density at radius 1 is 0.431 bits per heavy atom. The second-order valence-electron chi connectivity index (χ2n) is 16.2. The Morgan fingerprint density at radius 2 is 0.741 bits per heavy atom. The average molecular weight is 805 g/mol. The van der Waals surface area contributed by atoms with Crippen LogP contribution in [0.5, 0.6) is 0 Å². The Balaban J connectivity index is 0.000000213. The quantitative estimate of drug-likeness (QED) is 0.179. The van der Waals surface area contributed by atoms with Crippen molar-refractivity contribution >= 4 is 34.9 Å². The first-order valence-corrected chi connectivity index (χ1v) is 20.2. The maximum absolute atomic E-state index is 8.21. The van der Waals surface area contributed by atoms with Crippen molar-refractivity contribution in [3.8, 4) is 0 Å². The van der Waals surface area contributed by atoms with Gasteiger partial charge in [0.25, 0.3) is 12.8 Å². The van der Waals surface area contributed by atoms with Crippen molar-refractivity contribution in [2.45, 2.75) is 44.1 Å². The van der Waals surface area contributed by atoms with Gasteiger partial charge >= 0.3 is 17.1 Å². The van der Waals surface area contributed by atoms with Gasteiger partial charge in [0.2, 0.25) is 0 Å². The molecule has 0 spiro atoms. The number of benzene rings is 3. The largest absolute Gasteiger partial charge is 3.00 e. The van der Waals surface area contributed by atoms with Gasteiger partial charge in [0, 0.05) is 24.8 Å². The predicted octanol–water partition coefficient (Wildman–Crippen LogP) is 5.87. The third kappa shape index (κ3) is 7.30. The van der Waals surface area contributed by atoms with Gasteiger partial charge in [0.1, 0.15) is 0 Å². The number of hydrogen-bond donors (Lipinski definition) is 0. The van der Waals surface area contributed by atoms with Crippen LogP contribution in [0, 0.1) is 17.8 Å². The van der Waals surface area contributed by atoms with Crippen molar-refractivity contribution in [3.63, 3.8) is 0 Å². The molecule has 12 rings (SSSR count). The third-order valence-electron chi connectivity index (χ3n) is 12.5. The smallest absolute Gasteiger partial charge is 0.672 e. The molecule has 0 atom stereocenters. The van der Waals surface area contributed by atoms with Crippen molar-refractivity contribution in [1.82, 2.24) is 43.7 Å². The Kier molecular flexibility index (Phi) is 11.5. The van der Waals surface area contributed by atoms with Gasteiger partial charge in [-0.25, -0.2) is 20.4 Å². The van der Waals surface area contributed by atoms with Crippen LogP contribution in [-0.2, 0) is 17.1 Å². The summed E-state index contributed by atoms with van der Waals surface area (Å²) >= 11 is 0. The molecule has 10 nitrogen and oxygen atoms in total. The van der Waals surface area contributed by atoms with E-state index in [2.05, 4.69) is 42.5 Å². The van der Waals surface area contributed by atoms with Crippen LogP contribution in [0.2, 0.25) is 0 Å². The molecule has 5 heterocycles. The van der Waals surface area contributed by atoms with Crippen LogP contribution in [0.4, 0.5) is 0 Å². The molecular formula is C45H47B2FeN10. The van der Waals surface area contributed by atoms with Gasteiger partial charge in [-0.05, 0) is 86.1 Å². The molecule has 8 aromatic rings. The van der Waals surface area contributed by atoms with E-state index in [1.54, 1.807) is 24.8 Å². The van der Waals surface area contributed by atoms with E-state index in [4.69, 9.17) is 31.1 Å². The van der Waals surface area contributed by atoms with Crippen molar-refractivity contribution < 1.29 is 17.1 Å². The number of nitrogens with one attached hydrogen (secondary N) is 1. The summed E-state index contributed by atoms with van der Waals surface area (Å²) in [6.07, 6.45) is 19.2. The van der Waals surface area contributed by atoms with E-state index in [1.807, 2.05) is 140 Å². The van der Waals surface area contributed by atoms with Crippen molar-refractivity contribution in [2.75, 3.05) is 0 Å². The first-order valence-electron chi connectivity index (χ1n) is 20.2. The van der Waals surface area contributed by atoms with E-state index in [-0.39, 0.29) is 22.6 Å². The standard InChI is InChI=1S/C29H25B2N9.C10H16N.C6H6.Fe/c1-3-12-26(13-4-1)30(37-22-8-18-32-37,38-23-9-19-33-38)28-16-7-17-29(36-28)31(39-24-10-20-34-39,40-25-11-21-35-40)27-14-5-2-6-15-27;11-10-4-7-1-8(5-10)3-9(2-7)6-10;1-2-4-6-5-3-1;/h1-25H;7-9,11H,1-6H2;1-6H;/q-2;-1;;+3. The SMILES string of the molecule is [Fe+3].[NH-]C12CC3CC(CC(C3)C1)C2.c1ccc([B-](c2cccc([B-](c3ccccc3)(n3cccn3)n3cccn3)n2)(n2cccn2)n2cccn2)cc1.c1ccccc1. The molecule has 4 saturated carbocycles. The van der Waals surface area contributed by atoms with Crippen LogP contribution in [0.15, 0.2) is 189 Å². The molecule has 13 heteroatoms. The Bertz CT molecular complexity index is 2150. The normalized spacial score (nSPS) is 20.5. The molecule has 3 aromatic carbocycles. The minimum atomic E-state index is -1.96. The summed E-state index contributed by atoms with van der Waals surface area (Å²) in [5, 5.41) is 19.0. The fraction of sp³-hybridized carbons (Fsp3) is 0.222. The molecule has 1 radical (unpaired) electrons. The summed E-state index contributed by atoms with van der Waals surface area (Å²) in [6, 6.07) is 46.5. The maximum atomic E-state index is 8.21. The van der Waals surface area contributed by atoms with E-state index in [0.29, 0.717) is 0 Å². The fourth-order valence-electron chi connectivity index (χ4n) is 10.6. The van der Waals surface area contributed by atoms with Crippen LogP contribution >= 0.6 is 0 Å². The summed E-state index contributed by atoms with van der Waals surface area (Å²) in [5.74, 6) is 2.87. The number of aromatic nitrogens is 9. The second-order valence-corrected chi connectivity index (χ2v) is 16.2. The number of hydrogen-bond acceptors (Lipinski definition) is 5. The first-order chi connectivity index (χ1) is 28.1. The van der Waals surface area contributed by atoms with Gasteiger partial charge < -0.3 is 29.1 Å². The topological polar surface area (TPSA) is 108 Å². The summed E-state index contributed by atoms with van der Waals surface area (Å²) in [6.45, 7) is 0. The van der Waals surface area contributed by atoms with Gasteiger partial charge in [-0.1, -0.05) is 146 Å². The van der Waals surface area contributed by atoms with E-state index < -0.39 is 12.8 Å². The molecule has 1 N–H and O–H groups in total. The van der Waals surface area contributed by atoms with Crippen LogP contribution in [0.25, 0.3) is 5.73 Å². The van der Waals surface area contributed by atoms with Gasteiger partial charge in [0.05, 0.1) is 0 Å². The van der Waals surface area contributed by atoms with Gasteiger partial charge in [0.15, 0.2) is 0 Å². The monoisotopic (exact) mass is 805 g/mol. The summed E-state index contributed by atoms with van der Waals surface area (Å²) in [7, 11) is 0. The molecule has 4 fully saturated rings. The van der Waals surface area contributed by atoms with E-state index >= 15 is 0 Å². The molecule has 4 aliphatic rings. The molecule has 4 aliphatic carbocycles. The maximum Gasteiger partial charge on any atom is 3.00 e.